The summed E-state index contributed by atoms with van der Waals surface area (Å²) in [6, 6.07) is 52.0. The van der Waals surface area contributed by atoms with Crippen LogP contribution in [0.25, 0.3) is 94.1 Å². The Morgan fingerprint density at radius 1 is 0.500 bits per heavy atom. The molecule has 0 atom stereocenters. The molecular formula is C46H30N4. The number of benzene rings is 7. The molecule has 0 unspecified atom stereocenters. The lowest BCUT2D eigenvalue weighted by Crippen LogP contribution is -2.04. The van der Waals surface area contributed by atoms with Crippen LogP contribution in [-0.2, 0) is 6.42 Å². The molecule has 0 saturated heterocycles. The van der Waals surface area contributed by atoms with Crippen molar-refractivity contribution >= 4 is 71.2 Å². The van der Waals surface area contributed by atoms with E-state index >= 15 is 0 Å². The fourth-order valence-electron chi connectivity index (χ4n) is 8.50. The molecule has 0 N–H and O–H groups in total. The van der Waals surface area contributed by atoms with Crippen molar-refractivity contribution in [3.05, 3.63) is 163 Å². The van der Waals surface area contributed by atoms with Crippen molar-refractivity contribution in [1.82, 2.24) is 19.1 Å². The molecule has 234 valence electrons. The molecule has 0 radical (unpaired) electrons. The first-order chi connectivity index (χ1) is 24.8. The second kappa shape index (κ2) is 10.5. The SMILES string of the molecule is C1=Cc2c(c3c(c4c5ccccc5ccc4c4c5ccccc5n(-c5nc(-c6ccccc6)c6ccccc6n5)c34)n2-c2ccccc2)CC1. The second-order valence-electron chi connectivity index (χ2n) is 13.2. The van der Waals surface area contributed by atoms with E-state index < -0.39 is 0 Å². The third-order valence-corrected chi connectivity index (χ3v) is 10.5. The van der Waals surface area contributed by atoms with Crippen LogP contribution in [0.1, 0.15) is 17.7 Å². The summed E-state index contributed by atoms with van der Waals surface area (Å²) in [6.45, 7) is 0. The number of aromatic nitrogens is 4. The van der Waals surface area contributed by atoms with E-state index in [2.05, 4.69) is 167 Å². The van der Waals surface area contributed by atoms with Crippen molar-refractivity contribution in [2.24, 2.45) is 0 Å². The predicted octanol–water partition coefficient (Wildman–Crippen LogP) is 11.6. The van der Waals surface area contributed by atoms with Crippen molar-refractivity contribution in [1.29, 1.82) is 0 Å². The summed E-state index contributed by atoms with van der Waals surface area (Å²) in [4.78, 5) is 10.8. The normalized spacial score (nSPS) is 13.0. The summed E-state index contributed by atoms with van der Waals surface area (Å²) in [6.07, 6.45) is 6.62. The summed E-state index contributed by atoms with van der Waals surface area (Å²) in [7, 11) is 0. The molecule has 3 heterocycles. The van der Waals surface area contributed by atoms with Crippen LogP contribution in [0, 0.1) is 0 Å². The molecule has 7 aromatic carbocycles. The summed E-state index contributed by atoms with van der Waals surface area (Å²) >= 11 is 0. The van der Waals surface area contributed by atoms with Gasteiger partial charge in [-0.1, -0.05) is 127 Å². The van der Waals surface area contributed by atoms with Crippen molar-refractivity contribution in [3.63, 3.8) is 0 Å². The van der Waals surface area contributed by atoms with E-state index in [0.29, 0.717) is 5.95 Å². The molecule has 50 heavy (non-hydrogen) atoms. The smallest absolute Gasteiger partial charge is 0.235 e. The first kappa shape index (κ1) is 27.4. The van der Waals surface area contributed by atoms with E-state index in [9.17, 15) is 0 Å². The summed E-state index contributed by atoms with van der Waals surface area (Å²) < 4.78 is 4.86. The number of hydrogen-bond acceptors (Lipinski definition) is 2. The lowest BCUT2D eigenvalue weighted by Gasteiger charge is -2.15. The predicted molar refractivity (Wildman–Crippen MR) is 209 cm³/mol. The van der Waals surface area contributed by atoms with Crippen LogP contribution in [0.4, 0.5) is 0 Å². The molecule has 1 aliphatic rings. The number of rotatable bonds is 3. The Labute approximate surface area is 288 Å². The average molecular weight is 639 g/mol. The van der Waals surface area contributed by atoms with Crippen LogP contribution in [0.5, 0.6) is 0 Å². The third-order valence-electron chi connectivity index (χ3n) is 10.5. The summed E-state index contributed by atoms with van der Waals surface area (Å²) in [5.74, 6) is 0.683. The molecule has 4 nitrogen and oxygen atoms in total. The standard InChI is InChI=1S/C46H30N4/c1-3-16-30(17-4-1)43-33-21-9-12-24-37(33)47-46(48-43)50-39-26-14-10-22-34(39)41-36-28-27-29-15-7-8-20-32(29)40(36)44-42(45(41)50)35-23-11-13-25-38(35)49(44)31-18-5-2-6-19-31/h1-10,12-22,24-28H,11,23H2. The largest absolute Gasteiger partial charge is 0.309 e. The Kier molecular flexibility index (Phi) is 5.75. The fraction of sp³-hybridized carbons (Fsp3) is 0.0435. The quantitative estimate of drug-likeness (QED) is 0.181. The second-order valence-corrected chi connectivity index (χ2v) is 13.2. The van der Waals surface area contributed by atoms with Gasteiger partial charge in [0.15, 0.2) is 0 Å². The monoisotopic (exact) mass is 638 g/mol. The number of allylic oxidation sites excluding steroid dienone is 1. The zero-order valence-electron chi connectivity index (χ0n) is 27.2. The highest BCUT2D eigenvalue weighted by atomic mass is 15.2. The average Bonchev–Trinajstić information content (AvgIpc) is 3.72. The topological polar surface area (TPSA) is 35.6 Å². The lowest BCUT2D eigenvalue weighted by atomic mass is 9.93. The molecule has 0 aliphatic heterocycles. The fourth-order valence-corrected chi connectivity index (χ4v) is 8.50. The van der Waals surface area contributed by atoms with Crippen LogP contribution >= 0.6 is 0 Å². The number of aryl methyl sites for hydroxylation is 1. The van der Waals surface area contributed by atoms with Crippen LogP contribution in [0.15, 0.2) is 152 Å². The molecule has 11 rings (SSSR count). The highest BCUT2D eigenvalue weighted by Crippen LogP contribution is 2.48. The Morgan fingerprint density at radius 3 is 2.04 bits per heavy atom. The molecule has 4 heteroatoms. The lowest BCUT2D eigenvalue weighted by molar-refractivity contribution is 0.967. The minimum Gasteiger partial charge on any atom is -0.309 e. The highest BCUT2D eigenvalue weighted by Gasteiger charge is 2.29. The number of fused-ring (bicyclic) bond motifs is 13. The van der Waals surface area contributed by atoms with Gasteiger partial charge in [0.1, 0.15) is 0 Å². The molecule has 0 spiro atoms. The maximum atomic E-state index is 5.46. The number of para-hydroxylation sites is 3. The van der Waals surface area contributed by atoms with Gasteiger partial charge >= 0.3 is 0 Å². The molecule has 1 aliphatic carbocycles. The molecule has 0 amide bonds. The van der Waals surface area contributed by atoms with E-state index in [1.165, 1.54) is 60.0 Å². The molecule has 3 aromatic heterocycles. The van der Waals surface area contributed by atoms with Crippen molar-refractivity contribution in [3.8, 4) is 22.9 Å². The number of hydrogen-bond donors (Lipinski definition) is 0. The van der Waals surface area contributed by atoms with Gasteiger partial charge in [-0.05, 0) is 64.9 Å². The van der Waals surface area contributed by atoms with Gasteiger partial charge in [-0.15, -0.1) is 0 Å². The van der Waals surface area contributed by atoms with Crippen molar-refractivity contribution < 1.29 is 0 Å². The molecule has 10 aromatic rings. The van der Waals surface area contributed by atoms with Gasteiger partial charge in [0.2, 0.25) is 5.95 Å². The van der Waals surface area contributed by atoms with Gasteiger partial charge in [0.05, 0.1) is 27.8 Å². The van der Waals surface area contributed by atoms with Gasteiger partial charge in [-0.3, -0.25) is 4.57 Å². The van der Waals surface area contributed by atoms with Gasteiger partial charge < -0.3 is 4.57 Å². The van der Waals surface area contributed by atoms with Crippen LogP contribution in [-0.4, -0.2) is 19.1 Å². The van der Waals surface area contributed by atoms with Crippen LogP contribution in [0.2, 0.25) is 0 Å². The van der Waals surface area contributed by atoms with E-state index in [0.717, 1.165) is 46.2 Å². The minimum atomic E-state index is 0.683. The Balaban J connectivity index is 1.42. The molecular weight excluding hydrogens is 609 g/mol. The highest BCUT2D eigenvalue weighted by molar-refractivity contribution is 6.36. The van der Waals surface area contributed by atoms with E-state index in [1.807, 2.05) is 0 Å². The first-order valence-corrected chi connectivity index (χ1v) is 17.3. The Morgan fingerprint density at radius 2 is 1.18 bits per heavy atom. The van der Waals surface area contributed by atoms with E-state index in [1.54, 1.807) is 0 Å². The minimum absolute atomic E-state index is 0.683. The summed E-state index contributed by atoms with van der Waals surface area (Å²) in [5, 5.41) is 9.79. The van der Waals surface area contributed by atoms with E-state index in [4.69, 9.17) is 9.97 Å². The van der Waals surface area contributed by atoms with Crippen molar-refractivity contribution in [2.45, 2.75) is 12.8 Å². The zero-order valence-corrected chi connectivity index (χ0v) is 27.2. The van der Waals surface area contributed by atoms with Crippen molar-refractivity contribution in [2.75, 3.05) is 0 Å². The van der Waals surface area contributed by atoms with Gasteiger partial charge in [0.25, 0.3) is 0 Å². The van der Waals surface area contributed by atoms with Gasteiger partial charge in [-0.25, -0.2) is 9.97 Å². The maximum absolute atomic E-state index is 5.46. The molecule has 0 bridgehead atoms. The molecule has 0 saturated carbocycles. The maximum Gasteiger partial charge on any atom is 0.235 e. The summed E-state index contributed by atoms with van der Waals surface area (Å²) in [5.41, 5.74) is 10.2. The van der Waals surface area contributed by atoms with E-state index in [-0.39, 0.29) is 0 Å². The van der Waals surface area contributed by atoms with Gasteiger partial charge in [0, 0.05) is 43.9 Å². The Bertz CT molecular complexity index is 3020. The molecule has 0 fully saturated rings. The zero-order chi connectivity index (χ0) is 32.8. The Hall–Kier alpha value is -6.52. The van der Waals surface area contributed by atoms with Crippen LogP contribution < -0.4 is 0 Å². The van der Waals surface area contributed by atoms with Gasteiger partial charge in [-0.2, -0.15) is 0 Å². The first-order valence-electron chi connectivity index (χ1n) is 17.3. The number of nitrogens with zero attached hydrogens (tertiary/aromatic N) is 4. The van der Waals surface area contributed by atoms with Crippen LogP contribution in [0.3, 0.4) is 0 Å². The third kappa shape index (κ3) is 3.76.